The molecule has 79 heavy (non-hydrogen) atoms. The number of aliphatic carboxylic acids is 1. The summed E-state index contributed by atoms with van der Waals surface area (Å²) in [7, 11) is 0. The van der Waals surface area contributed by atoms with Gasteiger partial charge >= 0.3 is 23.9 Å². The van der Waals surface area contributed by atoms with Crippen molar-refractivity contribution in [2.75, 3.05) is 13.2 Å². The predicted molar refractivity (Wildman–Crippen MR) is 321 cm³/mol. The third-order valence-electron chi connectivity index (χ3n) is 13.9. The van der Waals surface area contributed by atoms with E-state index in [0.717, 1.165) is 128 Å². The predicted octanol–water partition coefficient (Wildman–Crippen LogP) is 16.7. The van der Waals surface area contributed by atoms with Gasteiger partial charge in [0, 0.05) is 19.3 Å². The molecule has 0 radical (unpaired) electrons. The highest BCUT2D eigenvalue weighted by Gasteiger charge is 2.50. The van der Waals surface area contributed by atoms with E-state index < -0.39 is 67.3 Å². The van der Waals surface area contributed by atoms with Gasteiger partial charge in [0.05, 0.1) is 6.61 Å². The standard InChI is InChI=1S/C67H112O12/c1-4-7-10-13-16-19-22-25-28-29-30-31-34-35-38-41-44-47-50-53-59(68)75-56-58(77-60(69)54-51-48-45-42-39-36-32-26-23-20-17-14-11-8-5-2)57-76-67-65(63(72)62(71)64(79-67)66(73)74)78-61(70)55-52-49-46-43-40-37-33-27-24-21-18-15-12-9-6-3/h7,10,16,19,25-28,30-33,35,38,58,62-65,67,71-72H,4-6,8-9,11-15,17-18,20-24,29,34,36-37,39-57H2,1-3H3,(H,73,74)/b10-7-,19-16-,28-25-,31-30-,32-26-,33-27-,38-35-. The molecule has 0 aromatic carbocycles. The third kappa shape index (κ3) is 44.3. The van der Waals surface area contributed by atoms with Crippen molar-refractivity contribution in [2.45, 2.75) is 302 Å². The number of esters is 3. The molecule has 0 aromatic heterocycles. The highest BCUT2D eigenvalue weighted by molar-refractivity contribution is 5.74. The van der Waals surface area contributed by atoms with Crippen LogP contribution in [0.3, 0.4) is 0 Å². The minimum absolute atomic E-state index is 0.0441. The van der Waals surface area contributed by atoms with Crippen LogP contribution in [0.2, 0.25) is 0 Å². The topological polar surface area (TPSA) is 175 Å². The lowest BCUT2D eigenvalue weighted by Gasteiger charge is -2.40. The van der Waals surface area contributed by atoms with Crippen molar-refractivity contribution in [3.05, 3.63) is 85.1 Å². The van der Waals surface area contributed by atoms with E-state index in [0.29, 0.717) is 19.3 Å². The van der Waals surface area contributed by atoms with E-state index in [1.807, 2.05) is 0 Å². The lowest BCUT2D eigenvalue weighted by atomic mass is 9.98. The Bertz CT molecular complexity index is 1700. The van der Waals surface area contributed by atoms with Gasteiger partial charge in [-0.15, -0.1) is 0 Å². The van der Waals surface area contributed by atoms with Gasteiger partial charge in [0.15, 0.2) is 24.6 Å². The van der Waals surface area contributed by atoms with Gasteiger partial charge in [0.25, 0.3) is 0 Å². The summed E-state index contributed by atoms with van der Waals surface area (Å²) in [6.45, 7) is 5.84. The van der Waals surface area contributed by atoms with Crippen LogP contribution in [0, 0.1) is 0 Å². The van der Waals surface area contributed by atoms with Crippen LogP contribution in [0.25, 0.3) is 0 Å². The summed E-state index contributed by atoms with van der Waals surface area (Å²) in [4.78, 5) is 51.2. The fourth-order valence-corrected chi connectivity index (χ4v) is 9.09. The molecule has 12 nitrogen and oxygen atoms in total. The van der Waals surface area contributed by atoms with Gasteiger partial charge in [-0.3, -0.25) is 14.4 Å². The molecule has 1 rings (SSSR count). The Morgan fingerprint density at radius 3 is 1.24 bits per heavy atom. The normalized spacial score (nSPS) is 18.4. The van der Waals surface area contributed by atoms with Crippen molar-refractivity contribution in [3.63, 3.8) is 0 Å². The summed E-state index contributed by atoms with van der Waals surface area (Å²) >= 11 is 0. The number of ether oxygens (including phenoxy) is 5. The van der Waals surface area contributed by atoms with Crippen molar-refractivity contribution >= 4 is 23.9 Å². The first-order valence-corrected chi connectivity index (χ1v) is 31.6. The Morgan fingerprint density at radius 2 is 0.797 bits per heavy atom. The molecule has 6 unspecified atom stereocenters. The molecule has 0 saturated carbocycles. The fraction of sp³-hybridized carbons (Fsp3) is 0.731. The molecule has 0 amide bonds. The van der Waals surface area contributed by atoms with E-state index in [1.165, 1.54) is 77.0 Å². The first-order valence-electron chi connectivity index (χ1n) is 31.6. The van der Waals surface area contributed by atoms with Crippen molar-refractivity contribution in [1.82, 2.24) is 0 Å². The maximum absolute atomic E-state index is 13.2. The highest BCUT2D eigenvalue weighted by Crippen LogP contribution is 2.26. The van der Waals surface area contributed by atoms with E-state index in [2.05, 4.69) is 106 Å². The molecule has 452 valence electrons. The maximum Gasteiger partial charge on any atom is 0.335 e. The number of carboxylic acids is 1. The molecule has 0 bridgehead atoms. The molecule has 1 heterocycles. The quantitative estimate of drug-likeness (QED) is 0.0228. The molecular weight excluding hydrogens is 997 g/mol. The summed E-state index contributed by atoms with van der Waals surface area (Å²) < 4.78 is 28.5. The molecule has 12 heteroatoms. The van der Waals surface area contributed by atoms with Crippen LogP contribution in [0.5, 0.6) is 0 Å². The maximum atomic E-state index is 13.2. The first-order chi connectivity index (χ1) is 38.6. The molecule has 0 aromatic rings. The molecule has 1 saturated heterocycles. The van der Waals surface area contributed by atoms with E-state index in [1.54, 1.807) is 0 Å². The van der Waals surface area contributed by atoms with Crippen LogP contribution >= 0.6 is 0 Å². The first kappa shape index (κ1) is 72.9. The number of carbonyl (C=O) groups excluding carboxylic acids is 3. The second-order valence-electron chi connectivity index (χ2n) is 21.3. The number of aliphatic hydroxyl groups is 2. The summed E-state index contributed by atoms with van der Waals surface area (Å²) in [6.07, 6.45) is 58.3. The van der Waals surface area contributed by atoms with Gasteiger partial charge in [-0.1, -0.05) is 215 Å². The Kier molecular flexibility index (Phi) is 50.3. The molecule has 0 aliphatic carbocycles. The van der Waals surface area contributed by atoms with Crippen LogP contribution in [-0.2, 0) is 42.9 Å². The van der Waals surface area contributed by atoms with Gasteiger partial charge in [-0.05, 0) is 116 Å². The number of hydrogen-bond donors (Lipinski definition) is 3. The molecule has 6 atom stereocenters. The van der Waals surface area contributed by atoms with Crippen LogP contribution in [0.1, 0.15) is 265 Å². The van der Waals surface area contributed by atoms with E-state index in [4.69, 9.17) is 23.7 Å². The number of carboxylic acid groups (broad SMARTS) is 1. The average molecular weight is 1110 g/mol. The third-order valence-corrected chi connectivity index (χ3v) is 13.9. The molecular formula is C67H112O12. The number of aliphatic hydroxyl groups excluding tert-OH is 2. The Morgan fingerprint density at radius 1 is 0.430 bits per heavy atom. The van der Waals surface area contributed by atoms with Crippen molar-refractivity contribution in [2.24, 2.45) is 0 Å². The Labute approximate surface area is 480 Å². The van der Waals surface area contributed by atoms with Gasteiger partial charge < -0.3 is 39.0 Å². The second kappa shape index (κ2) is 54.5. The lowest BCUT2D eigenvalue weighted by molar-refractivity contribution is -0.301. The summed E-state index contributed by atoms with van der Waals surface area (Å²) in [5, 5.41) is 31.5. The number of carbonyl (C=O) groups is 4. The lowest BCUT2D eigenvalue weighted by Crippen LogP contribution is -2.61. The number of hydrogen-bond acceptors (Lipinski definition) is 11. The smallest absolute Gasteiger partial charge is 0.335 e. The largest absolute Gasteiger partial charge is 0.479 e. The van der Waals surface area contributed by atoms with Gasteiger partial charge in [-0.25, -0.2) is 4.79 Å². The molecule has 1 aliphatic rings. The fourth-order valence-electron chi connectivity index (χ4n) is 9.09. The van der Waals surface area contributed by atoms with E-state index in [-0.39, 0.29) is 25.9 Å². The zero-order valence-corrected chi connectivity index (χ0v) is 49.8. The van der Waals surface area contributed by atoms with Crippen LogP contribution in [0.15, 0.2) is 85.1 Å². The summed E-state index contributed by atoms with van der Waals surface area (Å²) in [5.74, 6) is -3.18. The van der Waals surface area contributed by atoms with Crippen molar-refractivity contribution in [1.29, 1.82) is 0 Å². The number of allylic oxidation sites excluding steroid dienone is 14. The summed E-state index contributed by atoms with van der Waals surface area (Å²) in [6, 6.07) is 0. The van der Waals surface area contributed by atoms with Crippen molar-refractivity contribution in [3.8, 4) is 0 Å². The van der Waals surface area contributed by atoms with Crippen LogP contribution in [0.4, 0.5) is 0 Å². The van der Waals surface area contributed by atoms with Crippen LogP contribution in [-0.4, -0.2) is 89.2 Å². The SMILES string of the molecule is CC/C=C\C/C=C\C/C=C\C/C=C\C/C=C\CCCCCC(=O)OCC(COC1OC(C(=O)O)C(O)C(O)C1OC(=O)CCCCCCC/C=C\CCCCCCCC)OC(=O)CCCCCCC/C=C\CCCCCCCC. The zero-order chi connectivity index (χ0) is 57.5. The molecule has 1 fully saturated rings. The van der Waals surface area contributed by atoms with Gasteiger partial charge in [-0.2, -0.15) is 0 Å². The van der Waals surface area contributed by atoms with E-state index in [9.17, 15) is 34.5 Å². The second-order valence-corrected chi connectivity index (χ2v) is 21.3. The Hall–Kier alpha value is -4.10. The average Bonchev–Trinajstić information content (AvgIpc) is 3.46. The number of unbranched alkanes of at least 4 members (excludes halogenated alkanes) is 25. The molecule has 3 N–H and O–H groups in total. The monoisotopic (exact) mass is 1110 g/mol. The molecule has 1 aliphatic heterocycles. The molecule has 0 spiro atoms. The minimum Gasteiger partial charge on any atom is -0.479 e. The summed E-state index contributed by atoms with van der Waals surface area (Å²) in [5.41, 5.74) is 0. The zero-order valence-electron chi connectivity index (χ0n) is 49.8. The highest BCUT2D eigenvalue weighted by atomic mass is 16.7. The minimum atomic E-state index is -1.91. The Balaban J connectivity index is 2.71. The van der Waals surface area contributed by atoms with Gasteiger partial charge in [0.2, 0.25) is 0 Å². The van der Waals surface area contributed by atoms with E-state index >= 15 is 0 Å². The van der Waals surface area contributed by atoms with Crippen molar-refractivity contribution < 1.29 is 58.2 Å². The van der Waals surface area contributed by atoms with Gasteiger partial charge in [0.1, 0.15) is 18.8 Å². The number of rotatable bonds is 53. The van der Waals surface area contributed by atoms with Crippen LogP contribution < -0.4 is 0 Å².